The minimum absolute atomic E-state index is 0.175. The maximum atomic E-state index is 12.6. The van der Waals surface area contributed by atoms with Crippen LogP contribution in [-0.4, -0.2) is 23.9 Å². The molecule has 7 heteroatoms. The van der Waals surface area contributed by atoms with Gasteiger partial charge in [0, 0.05) is 42.8 Å². The van der Waals surface area contributed by atoms with Gasteiger partial charge in [-0.15, -0.1) is 0 Å². The standard InChI is InChI=1S/C22H22N4O3/c1-15(27)25-18-7-5-8-19(11-18)26-22(28)17-10-20(14-23-12-17)24-13-16-6-3-4-9-21(16)29-2/h3-12,14,24H,13H2,1-2H3,(H,25,27)(H,26,28). The van der Waals surface area contributed by atoms with Crippen molar-refractivity contribution in [1.29, 1.82) is 0 Å². The van der Waals surface area contributed by atoms with Gasteiger partial charge in [-0.3, -0.25) is 14.6 Å². The third kappa shape index (κ3) is 5.55. The molecular weight excluding hydrogens is 368 g/mol. The lowest BCUT2D eigenvalue weighted by atomic mass is 10.2. The van der Waals surface area contributed by atoms with Crippen molar-refractivity contribution in [3.63, 3.8) is 0 Å². The molecule has 0 fully saturated rings. The van der Waals surface area contributed by atoms with Gasteiger partial charge in [0.15, 0.2) is 0 Å². The molecule has 0 aliphatic heterocycles. The van der Waals surface area contributed by atoms with E-state index < -0.39 is 0 Å². The van der Waals surface area contributed by atoms with Crippen LogP contribution in [0.2, 0.25) is 0 Å². The Balaban J connectivity index is 1.67. The van der Waals surface area contributed by atoms with Gasteiger partial charge in [0.2, 0.25) is 5.91 Å². The highest BCUT2D eigenvalue weighted by Gasteiger charge is 2.09. The molecule has 0 atom stereocenters. The second kappa shape index (κ2) is 9.36. The molecule has 0 spiro atoms. The number of methoxy groups -OCH3 is 1. The molecule has 0 saturated heterocycles. The van der Waals surface area contributed by atoms with E-state index in [4.69, 9.17) is 4.74 Å². The Labute approximate surface area is 169 Å². The van der Waals surface area contributed by atoms with E-state index in [1.807, 2.05) is 24.3 Å². The predicted octanol–water partition coefficient (Wildman–Crippen LogP) is 3.91. The van der Waals surface area contributed by atoms with Crippen LogP contribution in [0.25, 0.3) is 0 Å². The summed E-state index contributed by atoms with van der Waals surface area (Å²) in [6, 6.07) is 16.4. The van der Waals surface area contributed by atoms with Crippen molar-refractivity contribution in [2.45, 2.75) is 13.5 Å². The zero-order valence-electron chi connectivity index (χ0n) is 16.2. The summed E-state index contributed by atoms with van der Waals surface area (Å²) in [5.41, 5.74) is 3.32. The molecule has 3 rings (SSSR count). The topological polar surface area (TPSA) is 92.3 Å². The molecule has 0 aliphatic rings. The quantitative estimate of drug-likeness (QED) is 0.569. The lowest BCUT2D eigenvalue weighted by Gasteiger charge is -2.11. The molecule has 7 nitrogen and oxygen atoms in total. The molecular formula is C22H22N4O3. The Morgan fingerprint density at radius 2 is 1.69 bits per heavy atom. The summed E-state index contributed by atoms with van der Waals surface area (Å²) in [5.74, 6) is 0.325. The highest BCUT2D eigenvalue weighted by atomic mass is 16.5. The van der Waals surface area contributed by atoms with Gasteiger partial charge in [0.25, 0.3) is 5.91 Å². The number of aromatic nitrogens is 1. The SMILES string of the molecule is COc1ccccc1CNc1cncc(C(=O)Nc2cccc(NC(C)=O)c2)c1. The molecule has 2 aromatic carbocycles. The van der Waals surface area contributed by atoms with Crippen molar-refractivity contribution in [3.05, 3.63) is 78.1 Å². The van der Waals surface area contributed by atoms with E-state index in [2.05, 4.69) is 20.9 Å². The highest BCUT2D eigenvalue weighted by Crippen LogP contribution is 2.20. The number of hydrogen-bond acceptors (Lipinski definition) is 5. The number of carbonyl (C=O) groups is 2. The minimum Gasteiger partial charge on any atom is -0.496 e. The number of carbonyl (C=O) groups excluding carboxylic acids is 2. The molecule has 0 radical (unpaired) electrons. The molecule has 148 valence electrons. The van der Waals surface area contributed by atoms with Crippen LogP contribution in [0.4, 0.5) is 17.1 Å². The normalized spacial score (nSPS) is 10.1. The molecule has 2 amide bonds. The van der Waals surface area contributed by atoms with Crippen molar-refractivity contribution < 1.29 is 14.3 Å². The summed E-state index contributed by atoms with van der Waals surface area (Å²) in [5, 5.41) is 8.75. The Hall–Kier alpha value is -3.87. The predicted molar refractivity (Wildman–Crippen MR) is 113 cm³/mol. The molecule has 3 N–H and O–H groups in total. The first-order chi connectivity index (χ1) is 14.0. The van der Waals surface area contributed by atoms with Crippen LogP contribution in [0.15, 0.2) is 67.0 Å². The van der Waals surface area contributed by atoms with Crippen molar-refractivity contribution in [2.75, 3.05) is 23.1 Å². The van der Waals surface area contributed by atoms with Gasteiger partial charge in [-0.1, -0.05) is 24.3 Å². The molecule has 0 saturated carbocycles. The number of benzene rings is 2. The number of ether oxygens (including phenoxy) is 1. The maximum absolute atomic E-state index is 12.6. The fourth-order valence-electron chi connectivity index (χ4n) is 2.79. The zero-order chi connectivity index (χ0) is 20.6. The average Bonchev–Trinajstić information content (AvgIpc) is 2.72. The van der Waals surface area contributed by atoms with E-state index in [0.29, 0.717) is 23.5 Å². The molecule has 3 aromatic rings. The fraction of sp³-hybridized carbons (Fsp3) is 0.136. The van der Waals surface area contributed by atoms with Gasteiger partial charge >= 0.3 is 0 Å². The zero-order valence-corrected chi connectivity index (χ0v) is 16.2. The van der Waals surface area contributed by atoms with Crippen LogP contribution in [-0.2, 0) is 11.3 Å². The van der Waals surface area contributed by atoms with Crippen LogP contribution in [0.3, 0.4) is 0 Å². The first-order valence-electron chi connectivity index (χ1n) is 9.05. The van der Waals surface area contributed by atoms with Crippen LogP contribution in [0.1, 0.15) is 22.8 Å². The molecule has 0 unspecified atom stereocenters. The van der Waals surface area contributed by atoms with Gasteiger partial charge in [-0.25, -0.2) is 0 Å². The van der Waals surface area contributed by atoms with Gasteiger partial charge in [0.05, 0.1) is 18.4 Å². The monoisotopic (exact) mass is 390 g/mol. The molecule has 0 bridgehead atoms. The lowest BCUT2D eigenvalue weighted by molar-refractivity contribution is -0.114. The Bertz CT molecular complexity index is 1020. The van der Waals surface area contributed by atoms with E-state index in [0.717, 1.165) is 17.0 Å². The van der Waals surface area contributed by atoms with Crippen LogP contribution in [0, 0.1) is 0 Å². The average molecular weight is 390 g/mol. The maximum Gasteiger partial charge on any atom is 0.257 e. The summed E-state index contributed by atoms with van der Waals surface area (Å²) in [6.07, 6.45) is 3.16. The van der Waals surface area contributed by atoms with Crippen LogP contribution in [0.5, 0.6) is 5.75 Å². The van der Waals surface area contributed by atoms with Gasteiger partial charge in [0.1, 0.15) is 5.75 Å². The third-order valence-electron chi connectivity index (χ3n) is 4.12. The second-order valence-corrected chi connectivity index (χ2v) is 6.34. The molecule has 1 heterocycles. The first kappa shape index (κ1) is 19.9. The summed E-state index contributed by atoms with van der Waals surface area (Å²) in [4.78, 5) is 27.9. The van der Waals surface area contributed by atoms with Crippen molar-refractivity contribution in [3.8, 4) is 5.75 Å². The van der Waals surface area contributed by atoms with E-state index >= 15 is 0 Å². The number of para-hydroxylation sites is 1. The summed E-state index contributed by atoms with van der Waals surface area (Å²) in [7, 11) is 1.63. The van der Waals surface area contributed by atoms with E-state index in [-0.39, 0.29) is 11.8 Å². The number of anilines is 3. The minimum atomic E-state index is -0.293. The third-order valence-corrected chi connectivity index (χ3v) is 4.12. The van der Waals surface area contributed by atoms with Crippen molar-refractivity contribution in [2.24, 2.45) is 0 Å². The van der Waals surface area contributed by atoms with E-state index in [1.165, 1.54) is 13.1 Å². The molecule has 1 aromatic heterocycles. The summed E-state index contributed by atoms with van der Waals surface area (Å²) in [6.45, 7) is 1.97. The van der Waals surface area contributed by atoms with Crippen LogP contribution >= 0.6 is 0 Å². The molecule has 29 heavy (non-hydrogen) atoms. The first-order valence-corrected chi connectivity index (χ1v) is 9.05. The number of pyridine rings is 1. The summed E-state index contributed by atoms with van der Waals surface area (Å²) >= 11 is 0. The number of rotatable bonds is 7. The van der Waals surface area contributed by atoms with Gasteiger partial charge in [-0.2, -0.15) is 0 Å². The largest absolute Gasteiger partial charge is 0.496 e. The second-order valence-electron chi connectivity index (χ2n) is 6.34. The number of nitrogens with zero attached hydrogens (tertiary/aromatic N) is 1. The van der Waals surface area contributed by atoms with E-state index in [9.17, 15) is 9.59 Å². The van der Waals surface area contributed by atoms with Gasteiger partial charge < -0.3 is 20.7 Å². The summed E-state index contributed by atoms with van der Waals surface area (Å²) < 4.78 is 5.35. The highest BCUT2D eigenvalue weighted by molar-refractivity contribution is 6.05. The number of hydrogen-bond donors (Lipinski definition) is 3. The molecule has 0 aliphatic carbocycles. The van der Waals surface area contributed by atoms with Crippen LogP contribution < -0.4 is 20.7 Å². The van der Waals surface area contributed by atoms with Gasteiger partial charge in [-0.05, 0) is 30.3 Å². The Morgan fingerprint density at radius 3 is 2.45 bits per heavy atom. The van der Waals surface area contributed by atoms with Crippen molar-refractivity contribution in [1.82, 2.24) is 4.98 Å². The Morgan fingerprint density at radius 1 is 0.931 bits per heavy atom. The van der Waals surface area contributed by atoms with Crippen molar-refractivity contribution >= 4 is 28.9 Å². The number of amides is 2. The smallest absolute Gasteiger partial charge is 0.257 e. The Kier molecular flexibility index (Phi) is 6.42. The number of nitrogens with one attached hydrogen (secondary N) is 3. The lowest BCUT2D eigenvalue weighted by Crippen LogP contribution is -2.13. The van der Waals surface area contributed by atoms with E-state index in [1.54, 1.807) is 43.6 Å². The fourth-order valence-corrected chi connectivity index (χ4v) is 2.79.